The lowest BCUT2D eigenvalue weighted by molar-refractivity contribution is -0.135. The van der Waals surface area contributed by atoms with Crippen molar-refractivity contribution in [3.63, 3.8) is 0 Å². The largest absolute Gasteiger partial charge is 0.370 e. The van der Waals surface area contributed by atoms with Gasteiger partial charge >= 0.3 is 0 Å². The molecule has 0 aliphatic rings. The molecule has 0 saturated carbocycles. The van der Waals surface area contributed by atoms with Gasteiger partial charge in [-0.3, -0.25) is 9.59 Å². The van der Waals surface area contributed by atoms with E-state index in [1.54, 1.807) is 0 Å². The van der Waals surface area contributed by atoms with Gasteiger partial charge in [0.25, 0.3) is 0 Å². The van der Waals surface area contributed by atoms with E-state index in [0.717, 1.165) is 0 Å². The summed E-state index contributed by atoms with van der Waals surface area (Å²) < 4.78 is 5.10. The van der Waals surface area contributed by atoms with Gasteiger partial charge in [0.15, 0.2) is 0 Å². The molecule has 5 heteroatoms. The van der Waals surface area contributed by atoms with Gasteiger partial charge in [-0.15, -0.1) is 0 Å². The second kappa shape index (κ2) is 5.53. The number of nitrogens with two attached hydrogens (primary N) is 2. The first-order valence-electron chi connectivity index (χ1n) is 4.12. The molecule has 1 unspecified atom stereocenters. The van der Waals surface area contributed by atoms with Gasteiger partial charge in [-0.1, -0.05) is 13.8 Å². The van der Waals surface area contributed by atoms with Crippen molar-refractivity contribution in [1.29, 1.82) is 0 Å². The zero-order valence-corrected chi connectivity index (χ0v) is 7.95. The number of rotatable bonds is 6. The summed E-state index contributed by atoms with van der Waals surface area (Å²) in [7, 11) is 0. The Kier molecular flexibility index (Phi) is 5.06. The van der Waals surface area contributed by atoms with Crippen molar-refractivity contribution in [2.24, 2.45) is 17.4 Å². The summed E-state index contributed by atoms with van der Waals surface area (Å²) in [6.07, 6.45) is -1.04. The fraction of sp³-hybridized carbons (Fsp3) is 0.750. The zero-order chi connectivity index (χ0) is 10.4. The van der Waals surface area contributed by atoms with Crippen LogP contribution in [0.2, 0.25) is 0 Å². The van der Waals surface area contributed by atoms with Crippen LogP contribution in [0.5, 0.6) is 0 Å². The highest BCUT2D eigenvalue weighted by Gasteiger charge is 2.18. The summed E-state index contributed by atoms with van der Waals surface area (Å²) in [5, 5.41) is 0. The molecule has 0 aromatic rings. The molecule has 0 spiro atoms. The van der Waals surface area contributed by atoms with Crippen LogP contribution in [0.15, 0.2) is 0 Å². The topological polar surface area (TPSA) is 95.4 Å². The van der Waals surface area contributed by atoms with Gasteiger partial charge in [-0.25, -0.2) is 0 Å². The van der Waals surface area contributed by atoms with Crippen molar-refractivity contribution in [3.8, 4) is 0 Å². The van der Waals surface area contributed by atoms with Gasteiger partial charge in [0, 0.05) is 6.61 Å². The van der Waals surface area contributed by atoms with Crippen LogP contribution in [0.25, 0.3) is 0 Å². The SMILES string of the molecule is CC(C)COC(CC(N)=O)C(N)=O. The Hall–Kier alpha value is -1.10. The Bertz CT molecular complexity index is 192. The van der Waals surface area contributed by atoms with Crippen LogP contribution in [0.4, 0.5) is 0 Å². The second-order valence-electron chi connectivity index (χ2n) is 3.29. The third-order valence-electron chi connectivity index (χ3n) is 1.33. The molecule has 0 bridgehead atoms. The summed E-state index contributed by atoms with van der Waals surface area (Å²) in [5.41, 5.74) is 9.91. The fourth-order valence-electron chi connectivity index (χ4n) is 0.733. The molecule has 5 nitrogen and oxygen atoms in total. The number of carbonyl (C=O) groups excluding carboxylic acids is 2. The highest BCUT2D eigenvalue weighted by Crippen LogP contribution is 2.01. The molecule has 76 valence electrons. The van der Waals surface area contributed by atoms with Crippen LogP contribution in [0.1, 0.15) is 20.3 Å². The van der Waals surface area contributed by atoms with Crippen molar-refractivity contribution in [2.45, 2.75) is 26.4 Å². The van der Waals surface area contributed by atoms with Crippen molar-refractivity contribution in [1.82, 2.24) is 0 Å². The molecule has 0 rings (SSSR count). The van der Waals surface area contributed by atoms with Crippen molar-refractivity contribution < 1.29 is 14.3 Å². The third-order valence-corrected chi connectivity index (χ3v) is 1.33. The summed E-state index contributed by atoms with van der Waals surface area (Å²) in [4.78, 5) is 21.2. The van der Waals surface area contributed by atoms with E-state index in [9.17, 15) is 9.59 Å². The molecule has 1 atom stereocenters. The lowest BCUT2D eigenvalue weighted by atomic mass is 10.2. The fourth-order valence-corrected chi connectivity index (χ4v) is 0.733. The normalized spacial score (nSPS) is 12.8. The molecule has 0 radical (unpaired) electrons. The summed E-state index contributed by atoms with van der Waals surface area (Å²) in [6.45, 7) is 4.26. The Labute approximate surface area is 77.4 Å². The Balaban J connectivity index is 3.95. The number of primary amides is 2. The van der Waals surface area contributed by atoms with E-state index in [0.29, 0.717) is 6.61 Å². The van der Waals surface area contributed by atoms with E-state index in [1.807, 2.05) is 13.8 Å². The van der Waals surface area contributed by atoms with Crippen LogP contribution in [-0.2, 0) is 14.3 Å². The average molecular weight is 188 g/mol. The Morgan fingerprint density at radius 1 is 1.31 bits per heavy atom. The van der Waals surface area contributed by atoms with E-state index in [-0.39, 0.29) is 12.3 Å². The van der Waals surface area contributed by atoms with E-state index in [2.05, 4.69) is 0 Å². The molecule has 0 saturated heterocycles. The number of hydrogen-bond acceptors (Lipinski definition) is 3. The summed E-state index contributed by atoms with van der Waals surface area (Å²) in [5.74, 6) is -0.957. The minimum Gasteiger partial charge on any atom is -0.370 e. The first-order chi connectivity index (χ1) is 5.93. The van der Waals surface area contributed by atoms with Crippen LogP contribution < -0.4 is 11.5 Å². The Morgan fingerprint density at radius 3 is 2.15 bits per heavy atom. The molecule has 0 heterocycles. The molecule has 0 aromatic heterocycles. The molecule has 0 fully saturated rings. The monoisotopic (exact) mass is 188 g/mol. The number of amides is 2. The standard InChI is InChI=1S/C8H16N2O3/c1-5(2)4-13-6(8(10)12)3-7(9)11/h5-6H,3-4H2,1-2H3,(H2,9,11)(H2,10,12). The first kappa shape index (κ1) is 11.9. The Morgan fingerprint density at radius 2 is 1.85 bits per heavy atom. The van der Waals surface area contributed by atoms with Crippen LogP contribution in [0.3, 0.4) is 0 Å². The first-order valence-corrected chi connectivity index (χ1v) is 4.12. The molecule has 0 aromatic carbocycles. The van der Waals surface area contributed by atoms with E-state index >= 15 is 0 Å². The van der Waals surface area contributed by atoms with Crippen molar-refractivity contribution in [3.05, 3.63) is 0 Å². The summed E-state index contributed by atoms with van der Waals surface area (Å²) in [6, 6.07) is 0. The zero-order valence-electron chi connectivity index (χ0n) is 7.95. The molecule has 13 heavy (non-hydrogen) atoms. The highest BCUT2D eigenvalue weighted by molar-refractivity contribution is 5.85. The minimum absolute atomic E-state index is 0.151. The van der Waals surface area contributed by atoms with Gasteiger partial charge in [0.05, 0.1) is 6.42 Å². The maximum Gasteiger partial charge on any atom is 0.247 e. The van der Waals surface area contributed by atoms with Gasteiger partial charge in [0.2, 0.25) is 11.8 Å². The molecular weight excluding hydrogens is 172 g/mol. The number of ether oxygens (including phenoxy) is 1. The van der Waals surface area contributed by atoms with E-state index in [4.69, 9.17) is 16.2 Å². The second-order valence-corrected chi connectivity index (χ2v) is 3.29. The highest BCUT2D eigenvalue weighted by atomic mass is 16.5. The van der Waals surface area contributed by atoms with Gasteiger partial charge < -0.3 is 16.2 Å². The molecule has 0 aliphatic heterocycles. The van der Waals surface area contributed by atoms with Crippen LogP contribution in [-0.4, -0.2) is 24.5 Å². The average Bonchev–Trinajstić information content (AvgIpc) is 1.96. The molecular formula is C8H16N2O3. The van der Waals surface area contributed by atoms with Gasteiger partial charge in [-0.05, 0) is 5.92 Å². The quantitative estimate of drug-likeness (QED) is 0.582. The maximum atomic E-state index is 10.7. The third kappa shape index (κ3) is 6.10. The van der Waals surface area contributed by atoms with E-state index < -0.39 is 17.9 Å². The molecule has 4 N–H and O–H groups in total. The number of carbonyl (C=O) groups is 2. The van der Waals surface area contributed by atoms with E-state index in [1.165, 1.54) is 0 Å². The van der Waals surface area contributed by atoms with Gasteiger partial charge in [0.1, 0.15) is 6.10 Å². The molecule has 2 amide bonds. The van der Waals surface area contributed by atoms with Crippen molar-refractivity contribution >= 4 is 11.8 Å². The minimum atomic E-state index is -0.889. The lowest BCUT2D eigenvalue weighted by Gasteiger charge is -2.14. The van der Waals surface area contributed by atoms with Crippen molar-refractivity contribution in [2.75, 3.05) is 6.61 Å². The number of hydrogen-bond donors (Lipinski definition) is 2. The predicted octanol–water partition coefficient (Wildman–Crippen LogP) is -0.612. The van der Waals surface area contributed by atoms with Crippen LogP contribution in [0, 0.1) is 5.92 Å². The predicted molar refractivity (Wildman–Crippen MR) is 47.6 cm³/mol. The van der Waals surface area contributed by atoms with Crippen LogP contribution >= 0.6 is 0 Å². The van der Waals surface area contributed by atoms with Gasteiger partial charge in [-0.2, -0.15) is 0 Å². The lowest BCUT2D eigenvalue weighted by Crippen LogP contribution is -2.35. The smallest absolute Gasteiger partial charge is 0.247 e. The summed E-state index contributed by atoms with van der Waals surface area (Å²) >= 11 is 0. The molecule has 0 aliphatic carbocycles. The maximum absolute atomic E-state index is 10.7.